The summed E-state index contributed by atoms with van der Waals surface area (Å²) in [5.41, 5.74) is 6.54. The lowest BCUT2D eigenvalue weighted by molar-refractivity contribution is -0.142. The van der Waals surface area contributed by atoms with Crippen LogP contribution in [0.15, 0.2) is 18.2 Å². The van der Waals surface area contributed by atoms with E-state index in [9.17, 15) is 9.90 Å². The fourth-order valence-electron chi connectivity index (χ4n) is 2.31. The molecule has 0 radical (unpaired) electrons. The predicted molar refractivity (Wildman–Crippen MR) is 67.3 cm³/mol. The Morgan fingerprint density at radius 2 is 2.28 bits per heavy atom. The van der Waals surface area contributed by atoms with Crippen molar-refractivity contribution in [2.75, 3.05) is 13.1 Å². The van der Waals surface area contributed by atoms with Crippen molar-refractivity contribution < 1.29 is 15.0 Å². The maximum Gasteiger partial charge on any atom is 0.325 e. The van der Waals surface area contributed by atoms with Crippen molar-refractivity contribution >= 4 is 5.97 Å². The molecule has 5 nitrogen and oxygen atoms in total. The van der Waals surface area contributed by atoms with Crippen molar-refractivity contribution in [2.45, 2.75) is 25.4 Å². The first-order chi connectivity index (χ1) is 8.40. The number of nitrogens with two attached hydrogens (primary N) is 1. The Labute approximate surface area is 106 Å². The first-order valence-electron chi connectivity index (χ1n) is 5.94. The lowest BCUT2D eigenvalue weighted by Gasteiger charge is -2.20. The van der Waals surface area contributed by atoms with Gasteiger partial charge in [0, 0.05) is 25.2 Å². The zero-order valence-corrected chi connectivity index (χ0v) is 10.4. The van der Waals surface area contributed by atoms with Crippen molar-refractivity contribution in [3.63, 3.8) is 0 Å². The van der Waals surface area contributed by atoms with Gasteiger partial charge in [0.1, 0.15) is 11.3 Å². The minimum absolute atomic E-state index is 0.241. The van der Waals surface area contributed by atoms with Gasteiger partial charge >= 0.3 is 5.97 Å². The van der Waals surface area contributed by atoms with Crippen LogP contribution in [0.25, 0.3) is 0 Å². The molecule has 1 fully saturated rings. The van der Waals surface area contributed by atoms with Gasteiger partial charge in [0.15, 0.2) is 0 Å². The highest BCUT2D eigenvalue weighted by Gasteiger charge is 2.41. The summed E-state index contributed by atoms with van der Waals surface area (Å²) >= 11 is 0. The standard InChI is InChI=1S/C13H18N2O3/c1-9-2-3-11(16)10(6-9)7-15-5-4-13(14,8-15)12(17)18/h2-3,6,16H,4-5,7-8,14H2,1H3,(H,17,18). The van der Waals surface area contributed by atoms with Gasteiger partial charge in [0.25, 0.3) is 0 Å². The first kappa shape index (κ1) is 12.9. The van der Waals surface area contributed by atoms with Crippen LogP contribution < -0.4 is 5.73 Å². The van der Waals surface area contributed by atoms with E-state index in [-0.39, 0.29) is 5.75 Å². The summed E-state index contributed by atoms with van der Waals surface area (Å²) in [7, 11) is 0. The lowest BCUT2D eigenvalue weighted by atomic mass is 10.0. The maximum atomic E-state index is 11.0. The van der Waals surface area contributed by atoms with Crippen LogP contribution in [0.4, 0.5) is 0 Å². The number of aliphatic carboxylic acids is 1. The Kier molecular flexibility index (Phi) is 3.28. The van der Waals surface area contributed by atoms with Crippen molar-refractivity contribution in [2.24, 2.45) is 5.73 Å². The van der Waals surface area contributed by atoms with Crippen LogP contribution in [0.3, 0.4) is 0 Å². The molecule has 1 saturated heterocycles. The second-order valence-corrected chi connectivity index (χ2v) is 5.05. The topological polar surface area (TPSA) is 86.8 Å². The first-order valence-corrected chi connectivity index (χ1v) is 5.94. The number of carboxylic acid groups (broad SMARTS) is 1. The Balaban J connectivity index is 2.08. The number of phenols is 1. The monoisotopic (exact) mass is 250 g/mol. The molecule has 0 saturated carbocycles. The molecule has 4 N–H and O–H groups in total. The molecule has 18 heavy (non-hydrogen) atoms. The Bertz CT molecular complexity index is 475. The van der Waals surface area contributed by atoms with Gasteiger partial charge in [-0.2, -0.15) is 0 Å². The van der Waals surface area contributed by atoms with Gasteiger partial charge in [-0.15, -0.1) is 0 Å². The molecule has 1 aliphatic rings. The lowest BCUT2D eigenvalue weighted by Crippen LogP contribution is -2.50. The van der Waals surface area contributed by atoms with E-state index in [4.69, 9.17) is 10.8 Å². The summed E-state index contributed by atoms with van der Waals surface area (Å²) in [5, 5.41) is 18.8. The molecule has 1 unspecified atom stereocenters. The fourth-order valence-corrected chi connectivity index (χ4v) is 2.31. The van der Waals surface area contributed by atoms with Crippen LogP contribution >= 0.6 is 0 Å². The molecule has 1 aromatic rings. The van der Waals surface area contributed by atoms with Crippen LogP contribution in [0.2, 0.25) is 0 Å². The number of benzene rings is 1. The summed E-state index contributed by atoms with van der Waals surface area (Å²) in [6.45, 7) is 3.43. The highest BCUT2D eigenvalue weighted by molar-refractivity contribution is 5.79. The molecule has 1 heterocycles. The summed E-state index contributed by atoms with van der Waals surface area (Å²) < 4.78 is 0. The average molecular weight is 250 g/mol. The van der Waals surface area contributed by atoms with Crippen LogP contribution in [-0.2, 0) is 11.3 Å². The minimum atomic E-state index is -1.15. The van der Waals surface area contributed by atoms with E-state index in [1.54, 1.807) is 6.07 Å². The molecule has 1 aromatic carbocycles. The van der Waals surface area contributed by atoms with Crippen LogP contribution in [0, 0.1) is 6.92 Å². The molecule has 5 heteroatoms. The highest BCUT2D eigenvalue weighted by atomic mass is 16.4. The summed E-state index contributed by atoms with van der Waals surface area (Å²) in [6, 6.07) is 5.41. The molecule has 98 valence electrons. The van der Waals surface area contributed by atoms with Gasteiger partial charge in [-0.25, -0.2) is 0 Å². The molecule has 0 aromatic heterocycles. The van der Waals surface area contributed by atoms with Gasteiger partial charge in [0.05, 0.1) is 0 Å². The number of carbonyl (C=O) groups is 1. The largest absolute Gasteiger partial charge is 0.508 e. The second kappa shape index (κ2) is 4.59. The van der Waals surface area contributed by atoms with Crippen molar-refractivity contribution in [3.8, 4) is 5.75 Å². The van der Waals surface area contributed by atoms with Crippen LogP contribution in [-0.4, -0.2) is 39.7 Å². The van der Waals surface area contributed by atoms with Crippen molar-refractivity contribution in [1.29, 1.82) is 0 Å². The van der Waals surface area contributed by atoms with Crippen LogP contribution in [0.5, 0.6) is 5.75 Å². The molecule has 0 amide bonds. The van der Waals surface area contributed by atoms with Gasteiger partial charge in [0.2, 0.25) is 0 Å². The molecule has 0 bridgehead atoms. The van der Waals surface area contributed by atoms with Gasteiger partial charge < -0.3 is 15.9 Å². The zero-order valence-electron chi connectivity index (χ0n) is 10.4. The quantitative estimate of drug-likeness (QED) is 0.734. The van der Waals surface area contributed by atoms with Crippen molar-refractivity contribution in [1.82, 2.24) is 4.90 Å². The average Bonchev–Trinajstić information content (AvgIpc) is 2.67. The summed E-state index contributed by atoms with van der Waals surface area (Å²) in [5.74, 6) is -0.719. The normalized spacial score (nSPS) is 24.3. The summed E-state index contributed by atoms with van der Waals surface area (Å²) in [6.07, 6.45) is 0.439. The summed E-state index contributed by atoms with van der Waals surface area (Å²) in [4.78, 5) is 13.0. The number of carboxylic acids is 1. The number of phenolic OH excluding ortho intramolecular Hbond substituents is 1. The van der Waals surface area contributed by atoms with E-state index < -0.39 is 11.5 Å². The third kappa shape index (κ3) is 2.47. The number of aryl methyl sites for hydroxylation is 1. The van der Waals surface area contributed by atoms with Crippen LogP contribution in [0.1, 0.15) is 17.5 Å². The highest BCUT2D eigenvalue weighted by Crippen LogP contribution is 2.25. The van der Waals surface area contributed by atoms with E-state index in [0.29, 0.717) is 26.1 Å². The molecule has 0 aliphatic carbocycles. The Morgan fingerprint density at radius 1 is 1.56 bits per heavy atom. The molecule has 1 atom stereocenters. The Hall–Kier alpha value is -1.59. The predicted octanol–water partition coefficient (Wildman–Crippen LogP) is 0.688. The third-order valence-corrected chi connectivity index (χ3v) is 3.43. The molecule has 1 aliphatic heterocycles. The Morgan fingerprint density at radius 3 is 2.89 bits per heavy atom. The number of rotatable bonds is 3. The number of hydrogen-bond donors (Lipinski definition) is 3. The van der Waals surface area contributed by atoms with Gasteiger partial charge in [-0.1, -0.05) is 17.7 Å². The number of nitrogens with zero attached hydrogens (tertiary/aromatic N) is 1. The van der Waals surface area contributed by atoms with E-state index in [0.717, 1.165) is 11.1 Å². The van der Waals surface area contributed by atoms with Gasteiger partial charge in [-0.3, -0.25) is 9.69 Å². The molecule has 0 spiro atoms. The molecular weight excluding hydrogens is 232 g/mol. The molecule has 2 rings (SSSR count). The molecular formula is C13H18N2O3. The SMILES string of the molecule is Cc1ccc(O)c(CN2CCC(N)(C(=O)O)C2)c1. The fraction of sp³-hybridized carbons (Fsp3) is 0.462. The smallest absolute Gasteiger partial charge is 0.325 e. The minimum Gasteiger partial charge on any atom is -0.508 e. The van der Waals surface area contributed by atoms with Gasteiger partial charge in [-0.05, 0) is 19.4 Å². The number of hydrogen-bond acceptors (Lipinski definition) is 4. The maximum absolute atomic E-state index is 11.0. The number of aromatic hydroxyl groups is 1. The zero-order chi connectivity index (χ0) is 13.3. The van der Waals surface area contributed by atoms with E-state index >= 15 is 0 Å². The van der Waals surface area contributed by atoms with Crippen molar-refractivity contribution in [3.05, 3.63) is 29.3 Å². The number of likely N-dealkylation sites (tertiary alicyclic amines) is 1. The van der Waals surface area contributed by atoms with E-state index in [1.165, 1.54) is 0 Å². The van der Waals surface area contributed by atoms with E-state index in [2.05, 4.69) is 0 Å². The van der Waals surface area contributed by atoms with E-state index in [1.807, 2.05) is 24.0 Å². The third-order valence-electron chi connectivity index (χ3n) is 3.43. The second-order valence-electron chi connectivity index (χ2n) is 5.05.